The molecule has 208 valence electrons. The number of methoxy groups -OCH3 is 1. The predicted molar refractivity (Wildman–Crippen MR) is 150 cm³/mol. The van der Waals surface area contributed by atoms with Gasteiger partial charge in [0.05, 0.1) is 29.1 Å². The van der Waals surface area contributed by atoms with Gasteiger partial charge >= 0.3 is 0 Å². The van der Waals surface area contributed by atoms with Gasteiger partial charge in [0, 0.05) is 10.4 Å². The average Bonchev–Trinajstić information content (AvgIpc) is 3.30. The summed E-state index contributed by atoms with van der Waals surface area (Å²) in [4.78, 5) is 50.7. The van der Waals surface area contributed by atoms with Gasteiger partial charge in [-0.25, -0.2) is 9.29 Å². The molecule has 6 atom stereocenters. The van der Waals surface area contributed by atoms with Gasteiger partial charge in [-0.1, -0.05) is 11.6 Å². The van der Waals surface area contributed by atoms with E-state index >= 15 is 0 Å². The number of alkyl halides is 2. The van der Waals surface area contributed by atoms with Crippen LogP contribution in [0, 0.1) is 23.6 Å². The highest BCUT2D eigenvalue weighted by atomic mass is 79.9. The Balaban J connectivity index is 1.63. The van der Waals surface area contributed by atoms with Crippen molar-refractivity contribution in [3.63, 3.8) is 0 Å². The molecule has 0 unspecified atom stereocenters. The lowest BCUT2D eigenvalue weighted by Gasteiger charge is -2.51. The van der Waals surface area contributed by atoms with Crippen molar-refractivity contribution in [3.05, 3.63) is 62.3 Å². The van der Waals surface area contributed by atoms with Crippen molar-refractivity contribution in [3.8, 4) is 11.5 Å². The number of nitrogens with one attached hydrogen (secondary N) is 1. The maximum Gasteiger partial charge on any atom is 0.258 e. The quantitative estimate of drug-likeness (QED) is 0.265. The van der Waals surface area contributed by atoms with Crippen molar-refractivity contribution in [1.82, 2.24) is 5.32 Å². The number of benzene rings is 2. The van der Waals surface area contributed by atoms with Crippen LogP contribution in [0.15, 0.2) is 50.9 Å². The Morgan fingerprint density at radius 3 is 2.38 bits per heavy atom. The number of nitrogens with zero attached hydrogens (tertiary/aromatic N) is 1. The third-order valence-corrected chi connectivity index (χ3v) is 12.0. The van der Waals surface area contributed by atoms with Gasteiger partial charge in [0.15, 0.2) is 21.2 Å². The maximum atomic E-state index is 14.3. The van der Waals surface area contributed by atoms with Crippen LogP contribution in [0.4, 0.5) is 10.1 Å². The zero-order valence-electron chi connectivity index (χ0n) is 20.5. The molecule has 2 aromatic carbocycles. The van der Waals surface area contributed by atoms with Crippen LogP contribution < -0.4 is 15.0 Å². The Kier molecular flexibility index (Phi) is 6.42. The number of allylic oxidation sites excluding steroid dienone is 2. The van der Waals surface area contributed by atoms with Crippen molar-refractivity contribution in [1.29, 1.82) is 0 Å². The number of carbonyl (C=O) groups excluding carboxylic acids is 4. The minimum Gasteiger partial charge on any atom is -0.503 e. The molecule has 0 radical (unpaired) electrons. The van der Waals surface area contributed by atoms with Crippen LogP contribution in [-0.4, -0.2) is 45.6 Å². The first-order chi connectivity index (χ1) is 18.9. The summed E-state index contributed by atoms with van der Waals surface area (Å²) < 4.78 is 19.6. The van der Waals surface area contributed by atoms with Crippen molar-refractivity contribution in [2.75, 3.05) is 12.0 Å². The zero-order valence-corrected chi connectivity index (χ0v) is 25.2. The fourth-order valence-corrected chi connectivity index (χ4v) is 8.51. The molecule has 2 aromatic rings. The number of aromatic hydroxyl groups is 1. The Hall–Kier alpha value is -2.47. The number of phenolic OH excluding ortho intramolecular Hbond substituents is 1. The lowest BCUT2D eigenvalue weighted by Crippen LogP contribution is -2.60. The molecular formula is C27H19Br2Cl2FN2O6. The highest BCUT2D eigenvalue weighted by Crippen LogP contribution is 2.66. The molecule has 8 nitrogen and oxygen atoms in total. The highest BCUT2D eigenvalue weighted by molar-refractivity contribution is 9.13. The minimum absolute atomic E-state index is 0.0582. The first-order valence-corrected chi connectivity index (χ1v) is 14.5. The largest absolute Gasteiger partial charge is 0.503 e. The normalized spacial score (nSPS) is 32.9. The number of anilines is 1. The van der Waals surface area contributed by atoms with Gasteiger partial charge in [0.1, 0.15) is 5.82 Å². The van der Waals surface area contributed by atoms with Gasteiger partial charge in [0.2, 0.25) is 11.8 Å². The van der Waals surface area contributed by atoms with Crippen molar-refractivity contribution in [2.24, 2.45) is 17.8 Å². The molecule has 2 heterocycles. The molecule has 4 aliphatic rings. The number of amides is 4. The van der Waals surface area contributed by atoms with Gasteiger partial charge in [0.25, 0.3) is 11.8 Å². The van der Waals surface area contributed by atoms with Gasteiger partial charge in [-0.05, 0) is 86.5 Å². The summed E-state index contributed by atoms with van der Waals surface area (Å²) in [6.45, 7) is 0. The van der Waals surface area contributed by atoms with Gasteiger partial charge in [-0.15, -0.1) is 23.2 Å². The first kappa shape index (κ1) is 27.7. The number of ether oxygens (including phenoxy) is 1. The van der Waals surface area contributed by atoms with Gasteiger partial charge in [-0.3, -0.25) is 24.5 Å². The third kappa shape index (κ3) is 3.47. The number of carbonyl (C=O) groups is 4. The number of phenols is 1. The fourth-order valence-electron chi connectivity index (χ4n) is 6.63. The van der Waals surface area contributed by atoms with E-state index in [1.165, 1.54) is 25.3 Å². The average molecular weight is 717 g/mol. The second-order valence-electron chi connectivity index (χ2n) is 10.2. The molecule has 2 saturated heterocycles. The SMILES string of the molecule is COc1cc([C@H]2C3=CC[C@@H]4C(=O)NC(=O)[C@@H]4[C@@H]3C[C@@]3(Cl)C(=O)N(c4ccc(F)cc4)C(=O)[C@@]23Cl)c(Br)c(Br)c1O. The molecule has 0 aromatic heterocycles. The minimum atomic E-state index is -2.11. The summed E-state index contributed by atoms with van der Waals surface area (Å²) in [5.74, 6) is -6.56. The Morgan fingerprint density at radius 1 is 1.05 bits per heavy atom. The molecule has 0 bridgehead atoms. The second-order valence-corrected chi connectivity index (χ2v) is 13.1. The third-order valence-electron chi connectivity index (χ3n) is 8.44. The van der Waals surface area contributed by atoms with E-state index in [9.17, 15) is 28.7 Å². The number of rotatable bonds is 3. The van der Waals surface area contributed by atoms with E-state index in [1.54, 1.807) is 6.08 Å². The van der Waals surface area contributed by atoms with E-state index in [2.05, 4.69) is 37.2 Å². The maximum absolute atomic E-state index is 14.3. The van der Waals surface area contributed by atoms with Gasteiger partial charge < -0.3 is 9.84 Å². The van der Waals surface area contributed by atoms with Crippen LogP contribution in [0.1, 0.15) is 24.3 Å². The van der Waals surface area contributed by atoms with Gasteiger partial charge in [-0.2, -0.15) is 0 Å². The Bertz CT molecular complexity index is 1570. The lowest BCUT2D eigenvalue weighted by atomic mass is 9.56. The summed E-state index contributed by atoms with van der Waals surface area (Å²) in [5.41, 5.74) is 1.01. The second kappa shape index (κ2) is 9.27. The number of halogens is 5. The summed E-state index contributed by atoms with van der Waals surface area (Å²) in [6, 6.07) is 6.26. The monoisotopic (exact) mass is 714 g/mol. The smallest absolute Gasteiger partial charge is 0.258 e. The number of hydrogen-bond acceptors (Lipinski definition) is 6. The molecule has 4 amide bonds. The summed E-state index contributed by atoms with van der Waals surface area (Å²) in [5, 5.41) is 13.0. The summed E-state index contributed by atoms with van der Waals surface area (Å²) in [7, 11) is 1.35. The molecule has 40 heavy (non-hydrogen) atoms. The van der Waals surface area contributed by atoms with Crippen LogP contribution in [0.3, 0.4) is 0 Å². The van der Waals surface area contributed by atoms with Crippen molar-refractivity contribution in [2.45, 2.75) is 28.5 Å². The molecule has 3 fully saturated rings. The van der Waals surface area contributed by atoms with Crippen LogP contribution in [-0.2, 0) is 19.2 Å². The first-order valence-electron chi connectivity index (χ1n) is 12.2. The zero-order chi connectivity index (χ0) is 28.9. The van der Waals surface area contributed by atoms with Crippen molar-refractivity contribution >= 4 is 84.4 Å². The molecular weight excluding hydrogens is 698 g/mol. The lowest BCUT2D eigenvalue weighted by molar-refractivity contribution is -0.127. The Labute approximate surface area is 254 Å². The summed E-state index contributed by atoms with van der Waals surface area (Å²) in [6.07, 6.45) is 1.80. The van der Waals surface area contributed by atoms with Crippen LogP contribution in [0.2, 0.25) is 0 Å². The topological polar surface area (TPSA) is 113 Å². The van der Waals surface area contributed by atoms with E-state index in [0.717, 1.165) is 17.0 Å². The number of fused-ring (bicyclic) bond motifs is 4. The number of imide groups is 2. The highest BCUT2D eigenvalue weighted by Gasteiger charge is 2.76. The van der Waals surface area contributed by atoms with Crippen LogP contribution >= 0.6 is 55.1 Å². The molecule has 2 aliphatic heterocycles. The van der Waals surface area contributed by atoms with E-state index in [0.29, 0.717) is 15.6 Å². The predicted octanol–water partition coefficient (Wildman–Crippen LogP) is 4.92. The Morgan fingerprint density at radius 2 is 1.73 bits per heavy atom. The molecule has 2 aliphatic carbocycles. The molecule has 6 rings (SSSR count). The fraction of sp³-hybridized carbons (Fsp3) is 0.333. The van der Waals surface area contributed by atoms with Crippen molar-refractivity contribution < 1.29 is 33.4 Å². The molecule has 2 N–H and O–H groups in total. The summed E-state index contributed by atoms with van der Waals surface area (Å²) >= 11 is 21.4. The van der Waals surface area contributed by atoms with E-state index in [-0.39, 0.29) is 34.5 Å². The van der Waals surface area contributed by atoms with E-state index in [4.69, 9.17) is 27.9 Å². The number of hydrogen-bond donors (Lipinski definition) is 2. The van der Waals surface area contributed by atoms with E-state index < -0.39 is 62.9 Å². The molecule has 13 heteroatoms. The molecule has 0 spiro atoms. The van der Waals surface area contributed by atoms with E-state index in [1.807, 2.05) is 0 Å². The van der Waals surface area contributed by atoms with Crippen LogP contribution in [0.5, 0.6) is 11.5 Å². The standard InChI is InChI=1S/C27H19Br2Cl2FN2O6/c1-40-16-8-14(19(28)20(29)21(16)35)18-12-6-7-13-17(23(37)33-22(13)36)15(12)9-26(30)24(38)34(25(39)27(18,26)31)11-4-2-10(32)3-5-11/h2-6,8,13,15,17-18,35H,7,9H2,1H3,(H,33,36,37)/t13-,15+,17-,18+,26+,27-/m0/s1. The van der Waals surface area contributed by atoms with Crippen LogP contribution in [0.25, 0.3) is 0 Å². The molecule has 1 saturated carbocycles.